The first kappa shape index (κ1) is 18.7. The molecule has 1 fully saturated rings. The molecule has 5 rings (SSSR count). The standard InChI is InChI=1S/C22H20F2N4O2/c1-22(15-10-9-13-5-4-6-14(13)11-15)19(29)27(21(30)26-22)12-18-25-16-7-2-3-8-17(16)28(18)20(23)24/h2-3,7-11,20H,4-6,12H2,1H3,(H,26,30). The maximum Gasteiger partial charge on any atom is 0.325 e. The summed E-state index contributed by atoms with van der Waals surface area (Å²) >= 11 is 0. The van der Waals surface area contributed by atoms with Crippen LogP contribution in [-0.4, -0.2) is 26.4 Å². The SMILES string of the molecule is CC1(c2ccc3c(c2)CCC3)NC(=O)N(Cc2nc3ccccc3n2C(F)F)C1=O. The summed E-state index contributed by atoms with van der Waals surface area (Å²) in [4.78, 5) is 31.1. The number of aromatic nitrogens is 2. The molecular weight excluding hydrogens is 390 g/mol. The Morgan fingerprint density at radius 3 is 2.70 bits per heavy atom. The molecule has 2 heterocycles. The number of carbonyl (C=O) groups is 2. The van der Waals surface area contributed by atoms with E-state index in [2.05, 4.69) is 10.3 Å². The van der Waals surface area contributed by atoms with Gasteiger partial charge in [-0.1, -0.05) is 30.3 Å². The molecule has 3 aromatic rings. The van der Waals surface area contributed by atoms with Gasteiger partial charge in [0, 0.05) is 0 Å². The number of nitrogens with zero attached hydrogens (tertiary/aromatic N) is 3. The van der Waals surface area contributed by atoms with Crippen LogP contribution in [0.2, 0.25) is 0 Å². The molecule has 1 atom stereocenters. The maximum atomic E-state index is 13.7. The van der Waals surface area contributed by atoms with Crippen molar-refractivity contribution in [3.05, 3.63) is 65.0 Å². The molecule has 1 unspecified atom stereocenters. The van der Waals surface area contributed by atoms with Gasteiger partial charge in [-0.3, -0.25) is 14.3 Å². The molecule has 1 N–H and O–H groups in total. The van der Waals surface area contributed by atoms with Gasteiger partial charge in [0.15, 0.2) is 0 Å². The van der Waals surface area contributed by atoms with Gasteiger partial charge in [0.25, 0.3) is 5.91 Å². The Morgan fingerprint density at radius 2 is 1.90 bits per heavy atom. The number of aryl methyl sites for hydroxylation is 2. The largest absolute Gasteiger partial charge is 0.325 e. The number of amides is 3. The fourth-order valence-corrected chi connectivity index (χ4v) is 4.48. The average molecular weight is 410 g/mol. The van der Waals surface area contributed by atoms with Crippen LogP contribution in [0.4, 0.5) is 13.6 Å². The summed E-state index contributed by atoms with van der Waals surface area (Å²) in [6.07, 6.45) is 3.04. The molecule has 2 aliphatic rings. The van der Waals surface area contributed by atoms with E-state index in [0.29, 0.717) is 11.1 Å². The number of benzene rings is 2. The van der Waals surface area contributed by atoms with Crippen LogP contribution in [0.25, 0.3) is 11.0 Å². The van der Waals surface area contributed by atoms with Crippen LogP contribution in [0, 0.1) is 0 Å². The Kier molecular flexibility index (Phi) is 4.13. The molecule has 3 amide bonds. The van der Waals surface area contributed by atoms with Crippen LogP contribution in [0.1, 0.15) is 42.4 Å². The van der Waals surface area contributed by atoms with Crippen molar-refractivity contribution in [3.8, 4) is 0 Å². The number of carbonyl (C=O) groups excluding carboxylic acids is 2. The van der Waals surface area contributed by atoms with Crippen molar-refractivity contribution >= 4 is 23.0 Å². The van der Waals surface area contributed by atoms with Crippen LogP contribution in [0.3, 0.4) is 0 Å². The summed E-state index contributed by atoms with van der Waals surface area (Å²) in [5.41, 5.74) is 2.56. The lowest BCUT2D eigenvalue weighted by molar-refractivity contribution is -0.131. The van der Waals surface area contributed by atoms with E-state index in [1.807, 2.05) is 18.2 Å². The topological polar surface area (TPSA) is 67.2 Å². The Morgan fingerprint density at radius 1 is 1.13 bits per heavy atom. The third-order valence-electron chi connectivity index (χ3n) is 6.11. The number of imidazole rings is 1. The number of fused-ring (bicyclic) bond motifs is 2. The first-order valence-corrected chi connectivity index (χ1v) is 9.89. The molecule has 1 aliphatic carbocycles. The van der Waals surface area contributed by atoms with Crippen molar-refractivity contribution in [2.24, 2.45) is 0 Å². The highest BCUT2D eigenvalue weighted by Gasteiger charge is 2.49. The highest BCUT2D eigenvalue weighted by molar-refractivity contribution is 6.07. The zero-order valence-electron chi connectivity index (χ0n) is 16.4. The van der Waals surface area contributed by atoms with Gasteiger partial charge < -0.3 is 5.32 Å². The van der Waals surface area contributed by atoms with Gasteiger partial charge in [-0.25, -0.2) is 9.78 Å². The highest BCUT2D eigenvalue weighted by Crippen LogP contribution is 2.34. The Balaban J connectivity index is 1.50. The summed E-state index contributed by atoms with van der Waals surface area (Å²) in [5, 5.41) is 2.75. The molecule has 0 radical (unpaired) electrons. The van der Waals surface area contributed by atoms with Gasteiger partial charge in [-0.2, -0.15) is 8.78 Å². The van der Waals surface area contributed by atoms with Crippen molar-refractivity contribution in [1.82, 2.24) is 19.8 Å². The minimum absolute atomic E-state index is 0.0343. The van der Waals surface area contributed by atoms with Gasteiger partial charge in [-0.15, -0.1) is 0 Å². The quantitative estimate of drug-likeness (QED) is 0.664. The predicted octanol–water partition coefficient (Wildman–Crippen LogP) is 3.89. The minimum Gasteiger partial charge on any atom is -0.319 e. The van der Waals surface area contributed by atoms with Crippen LogP contribution in [0.5, 0.6) is 0 Å². The first-order valence-electron chi connectivity index (χ1n) is 9.89. The predicted molar refractivity (Wildman–Crippen MR) is 106 cm³/mol. The molecule has 1 aliphatic heterocycles. The number of urea groups is 1. The van der Waals surface area contributed by atoms with Crippen LogP contribution >= 0.6 is 0 Å². The smallest absolute Gasteiger partial charge is 0.319 e. The molecule has 2 aromatic carbocycles. The van der Waals surface area contributed by atoms with Crippen molar-refractivity contribution in [2.75, 3.05) is 0 Å². The lowest BCUT2D eigenvalue weighted by Gasteiger charge is -2.23. The van der Waals surface area contributed by atoms with Gasteiger partial charge in [0.05, 0.1) is 17.6 Å². The zero-order chi connectivity index (χ0) is 21.0. The molecule has 6 nitrogen and oxygen atoms in total. The lowest BCUT2D eigenvalue weighted by atomic mass is 9.89. The van der Waals surface area contributed by atoms with E-state index in [9.17, 15) is 18.4 Å². The summed E-state index contributed by atoms with van der Waals surface area (Å²) in [6, 6.07) is 11.7. The van der Waals surface area contributed by atoms with Crippen LogP contribution in [0.15, 0.2) is 42.5 Å². The Hall–Kier alpha value is -3.29. The number of hydrogen-bond acceptors (Lipinski definition) is 3. The highest BCUT2D eigenvalue weighted by atomic mass is 19.3. The van der Waals surface area contributed by atoms with E-state index >= 15 is 0 Å². The third-order valence-corrected chi connectivity index (χ3v) is 6.11. The van der Waals surface area contributed by atoms with Gasteiger partial charge in [0.1, 0.15) is 11.4 Å². The van der Waals surface area contributed by atoms with E-state index < -0.39 is 24.0 Å². The van der Waals surface area contributed by atoms with Crippen LogP contribution < -0.4 is 5.32 Å². The maximum absolute atomic E-state index is 13.7. The third kappa shape index (κ3) is 2.70. The molecule has 0 bridgehead atoms. The Bertz CT molecular complexity index is 1190. The van der Waals surface area contributed by atoms with Crippen LogP contribution in [-0.2, 0) is 29.7 Å². The van der Waals surface area contributed by atoms with Crippen molar-refractivity contribution in [2.45, 2.75) is 44.8 Å². The molecule has 30 heavy (non-hydrogen) atoms. The van der Waals surface area contributed by atoms with Crippen molar-refractivity contribution in [3.63, 3.8) is 0 Å². The van der Waals surface area contributed by atoms with Gasteiger partial charge in [0.2, 0.25) is 0 Å². The fourth-order valence-electron chi connectivity index (χ4n) is 4.48. The lowest BCUT2D eigenvalue weighted by Crippen LogP contribution is -2.41. The minimum atomic E-state index is -2.84. The fraction of sp³-hybridized carbons (Fsp3) is 0.318. The molecule has 154 valence electrons. The van der Waals surface area contributed by atoms with Crippen molar-refractivity contribution < 1.29 is 18.4 Å². The summed E-state index contributed by atoms with van der Waals surface area (Å²) in [5.74, 6) is -0.508. The van der Waals surface area contributed by atoms with E-state index in [0.717, 1.165) is 28.7 Å². The van der Waals surface area contributed by atoms with Gasteiger partial charge in [-0.05, 0) is 55.0 Å². The second-order valence-electron chi connectivity index (χ2n) is 7.95. The average Bonchev–Trinajstić information content (AvgIpc) is 3.39. The number of rotatable bonds is 4. The summed E-state index contributed by atoms with van der Waals surface area (Å²) < 4.78 is 28.2. The normalized spacial score (nSPS) is 21.0. The Labute approximate surface area is 171 Å². The monoisotopic (exact) mass is 410 g/mol. The van der Waals surface area contributed by atoms with Crippen molar-refractivity contribution in [1.29, 1.82) is 0 Å². The number of alkyl halides is 2. The number of hydrogen-bond donors (Lipinski definition) is 1. The summed E-state index contributed by atoms with van der Waals surface area (Å²) in [7, 11) is 0. The van der Waals surface area contributed by atoms with E-state index in [-0.39, 0.29) is 17.9 Å². The van der Waals surface area contributed by atoms with Gasteiger partial charge >= 0.3 is 12.6 Å². The number of para-hydroxylation sites is 2. The molecule has 0 spiro atoms. The van der Waals surface area contributed by atoms with E-state index in [1.165, 1.54) is 11.1 Å². The molecule has 1 saturated heterocycles. The molecule has 1 aromatic heterocycles. The molecule has 0 saturated carbocycles. The number of nitrogens with one attached hydrogen (secondary N) is 1. The number of halogens is 2. The van der Waals surface area contributed by atoms with E-state index in [1.54, 1.807) is 31.2 Å². The second-order valence-corrected chi connectivity index (χ2v) is 7.95. The number of imide groups is 1. The van der Waals surface area contributed by atoms with E-state index in [4.69, 9.17) is 0 Å². The second kappa shape index (κ2) is 6.62. The zero-order valence-corrected chi connectivity index (χ0v) is 16.4. The first-order chi connectivity index (χ1) is 14.4. The summed E-state index contributed by atoms with van der Waals surface area (Å²) in [6.45, 7) is -1.51. The molecular formula is C22H20F2N4O2. The molecule has 8 heteroatoms.